The number of alkyl carbamates (subject to hydrolysis) is 1. The molecule has 11 heteroatoms. The summed E-state index contributed by atoms with van der Waals surface area (Å²) in [6, 6.07) is 17.0. The second-order valence-electron chi connectivity index (χ2n) is 9.59. The molecular formula is C28H34N2O9. The van der Waals surface area contributed by atoms with Gasteiger partial charge in [-0.15, -0.1) is 5.06 Å². The molecule has 0 aromatic heterocycles. The number of hydrogen-bond acceptors (Lipinski definition) is 8. The number of hydroxylamine groups is 2. The van der Waals surface area contributed by atoms with Crippen molar-refractivity contribution in [2.24, 2.45) is 0 Å². The van der Waals surface area contributed by atoms with Crippen molar-refractivity contribution in [3.8, 4) is 0 Å². The van der Waals surface area contributed by atoms with Crippen molar-refractivity contribution in [1.29, 1.82) is 0 Å². The molecule has 3 rings (SSSR count). The lowest BCUT2D eigenvalue weighted by Gasteiger charge is -2.24. The topological polar surface area (TPSA) is 133 Å². The van der Waals surface area contributed by atoms with Gasteiger partial charge in [-0.3, -0.25) is 0 Å². The van der Waals surface area contributed by atoms with Gasteiger partial charge in [0.05, 0.1) is 5.57 Å². The summed E-state index contributed by atoms with van der Waals surface area (Å²) in [6.07, 6.45) is -3.72. The molecule has 0 fully saturated rings. The lowest BCUT2D eigenvalue weighted by Crippen LogP contribution is -2.46. The van der Waals surface area contributed by atoms with Gasteiger partial charge < -0.3 is 34.2 Å². The Balaban J connectivity index is 1.88. The van der Waals surface area contributed by atoms with Crippen LogP contribution in [0.4, 0.5) is 9.59 Å². The number of carbonyl (C=O) groups excluding carboxylic acids is 2. The van der Waals surface area contributed by atoms with E-state index in [-0.39, 0.29) is 37.8 Å². The molecule has 0 spiro atoms. The smallest absolute Gasteiger partial charge is 0.443 e. The van der Waals surface area contributed by atoms with E-state index in [0.717, 1.165) is 11.1 Å². The van der Waals surface area contributed by atoms with Gasteiger partial charge in [0.2, 0.25) is 6.23 Å². The molecule has 0 radical (unpaired) electrons. The molecule has 1 heterocycles. The summed E-state index contributed by atoms with van der Waals surface area (Å²) in [6.45, 7) is 6.92. The van der Waals surface area contributed by atoms with Crippen LogP contribution >= 0.6 is 0 Å². The molecule has 11 nitrogen and oxygen atoms in total. The highest BCUT2D eigenvalue weighted by Gasteiger charge is 2.43. The highest BCUT2D eigenvalue weighted by Crippen LogP contribution is 2.32. The summed E-state index contributed by atoms with van der Waals surface area (Å²) in [7, 11) is 0. The SMILES string of the molecule is CCOC1C(CC(NC(=O)OC(C)(C)C)C(=O)OCc2ccccc2)=C(OCc2ccccc2)ON1C(=O)O. The third kappa shape index (κ3) is 8.92. The van der Waals surface area contributed by atoms with Crippen molar-refractivity contribution < 1.29 is 43.3 Å². The van der Waals surface area contributed by atoms with E-state index in [0.29, 0.717) is 5.06 Å². The van der Waals surface area contributed by atoms with Gasteiger partial charge in [-0.25, -0.2) is 14.4 Å². The number of nitrogens with one attached hydrogen (secondary N) is 1. The van der Waals surface area contributed by atoms with Crippen LogP contribution in [0.3, 0.4) is 0 Å². The monoisotopic (exact) mass is 542 g/mol. The van der Waals surface area contributed by atoms with E-state index >= 15 is 0 Å². The summed E-state index contributed by atoms with van der Waals surface area (Å²) < 4.78 is 22.3. The number of amides is 2. The molecule has 210 valence electrons. The molecule has 0 saturated carbocycles. The number of ether oxygens (including phenoxy) is 4. The van der Waals surface area contributed by atoms with Crippen LogP contribution in [0.25, 0.3) is 0 Å². The predicted molar refractivity (Wildman–Crippen MR) is 139 cm³/mol. The number of hydrogen-bond donors (Lipinski definition) is 2. The predicted octanol–water partition coefficient (Wildman–Crippen LogP) is 4.73. The third-order valence-corrected chi connectivity index (χ3v) is 5.30. The molecule has 1 aliphatic heterocycles. The molecule has 0 saturated heterocycles. The number of nitrogens with zero attached hydrogens (tertiary/aromatic N) is 1. The second-order valence-corrected chi connectivity index (χ2v) is 9.59. The van der Waals surface area contributed by atoms with E-state index in [1.165, 1.54) is 0 Å². The zero-order chi connectivity index (χ0) is 28.4. The normalized spacial score (nSPS) is 15.8. The maximum atomic E-state index is 13.2. The lowest BCUT2D eigenvalue weighted by molar-refractivity contribution is -0.186. The molecular weight excluding hydrogens is 508 g/mol. The largest absolute Gasteiger partial charge is 0.463 e. The number of benzene rings is 2. The Morgan fingerprint density at radius 1 is 1.00 bits per heavy atom. The van der Waals surface area contributed by atoms with Gasteiger partial charge in [0.25, 0.3) is 0 Å². The van der Waals surface area contributed by atoms with E-state index < -0.39 is 36.0 Å². The van der Waals surface area contributed by atoms with Gasteiger partial charge in [0.15, 0.2) is 0 Å². The van der Waals surface area contributed by atoms with Crippen LogP contribution in [0.1, 0.15) is 45.2 Å². The van der Waals surface area contributed by atoms with Crippen LogP contribution in [-0.2, 0) is 41.8 Å². The zero-order valence-corrected chi connectivity index (χ0v) is 22.4. The van der Waals surface area contributed by atoms with E-state index in [2.05, 4.69) is 5.32 Å². The Hall–Kier alpha value is -4.25. The van der Waals surface area contributed by atoms with E-state index in [9.17, 15) is 19.5 Å². The molecule has 0 bridgehead atoms. The van der Waals surface area contributed by atoms with E-state index in [1.807, 2.05) is 48.5 Å². The highest BCUT2D eigenvalue weighted by molar-refractivity contribution is 5.82. The standard InChI is InChI=1S/C28H34N2O9/c1-5-35-23-21(25(39-30(23)27(33)34)37-18-20-14-10-7-11-15-20)16-22(29-26(32)38-28(2,3)4)24(31)36-17-19-12-8-6-9-13-19/h6-15,22-23H,5,16-18H2,1-4H3,(H,29,32)(H,33,34). The summed E-state index contributed by atoms with van der Waals surface area (Å²) in [5.41, 5.74) is 0.936. The van der Waals surface area contributed by atoms with Gasteiger partial charge in [0, 0.05) is 13.0 Å². The first-order chi connectivity index (χ1) is 18.6. The van der Waals surface area contributed by atoms with Gasteiger partial charge in [-0.1, -0.05) is 60.7 Å². The van der Waals surface area contributed by atoms with Crippen molar-refractivity contribution in [3.63, 3.8) is 0 Å². The number of rotatable bonds is 11. The maximum absolute atomic E-state index is 13.2. The summed E-state index contributed by atoms with van der Waals surface area (Å²) >= 11 is 0. The third-order valence-electron chi connectivity index (χ3n) is 5.30. The maximum Gasteiger partial charge on any atom is 0.443 e. The van der Waals surface area contributed by atoms with Crippen LogP contribution in [0, 0.1) is 0 Å². The van der Waals surface area contributed by atoms with Gasteiger partial charge in [-0.2, -0.15) is 0 Å². The van der Waals surface area contributed by atoms with Crippen molar-refractivity contribution in [2.45, 2.75) is 65.2 Å². The number of esters is 1. The van der Waals surface area contributed by atoms with Crippen LogP contribution < -0.4 is 5.32 Å². The van der Waals surface area contributed by atoms with Gasteiger partial charge in [0.1, 0.15) is 24.9 Å². The zero-order valence-electron chi connectivity index (χ0n) is 22.4. The first-order valence-electron chi connectivity index (χ1n) is 12.5. The quantitative estimate of drug-likeness (QED) is 0.387. The molecule has 39 heavy (non-hydrogen) atoms. The molecule has 2 N–H and O–H groups in total. The fourth-order valence-electron chi connectivity index (χ4n) is 3.62. The summed E-state index contributed by atoms with van der Waals surface area (Å²) in [5.74, 6) is -0.907. The summed E-state index contributed by atoms with van der Waals surface area (Å²) in [5, 5.41) is 12.8. The average Bonchev–Trinajstić information content (AvgIpc) is 3.23. The Morgan fingerprint density at radius 2 is 1.59 bits per heavy atom. The molecule has 2 aromatic carbocycles. The van der Waals surface area contributed by atoms with Gasteiger partial charge in [-0.05, 0) is 38.8 Å². The van der Waals surface area contributed by atoms with E-state index in [4.69, 9.17) is 23.8 Å². The van der Waals surface area contributed by atoms with Crippen molar-refractivity contribution >= 4 is 18.2 Å². The Morgan fingerprint density at radius 3 is 2.13 bits per heavy atom. The Bertz CT molecular complexity index is 1150. The summed E-state index contributed by atoms with van der Waals surface area (Å²) in [4.78, 5) is 43.3. The van der Waals surface area contributed by atoms with Crippen LogP contribution in [-0.4, -0.2) is 52.8 Å². The van der Waals surface area contributed by atoms with Crippen LogP contribution in [0.15, 0.2) is 72.2 Å². The minimum Gasteiger partial charge on any atom is -0.463 e. The first kappa shape index (κ1) is 29.3. The van der Waals surface area contributed by atoms with Crippen LogP contribution in [0.5, 0.6) is 0 Å². The molecule has 2 unspecified atom stereocenters. The average molecular weight is 543 g/mol. The highest BCUT2D eigenvalue weighted by atomic mass is 16.8. The second kappa shape index (κ2) is 13.5. The van der Waals surface area contributed by atoms with Crippen molar-refractivity contribution in [3.05, 3.63) is 83.3 Å². The van der Waals surface area contributed by atoms with Crippen molar-refractivity contribution in [1.82, 2.24) is 10.4 Å². The first-order valence-corrected chi connectivity index (χ1v) is 12.5. The molecule has 1 aliphatic rings. The molecule has 2 amide bonds. The number of carbonyl (C=O) groups is 3. The molecule has 0 aliphatic carbocycles. The Labute approximate surface area is 227 Å². The fourth-order valence-corrected chi connectivity index (χ4v) is 3.62. The lowest BCUT2D eigenvalue weighted by atomic mass is 10.1. The minimum atomic E-state index is -1.42. The number of carboxylic acid groups (broad SMARTS) is 1. The van der Waals surface area contributed by atoms with Crippen LogP contribution in [0.2, 0.25) is 0 Å². The fraction of sp³-hybridized carbons (Fsp3) is 0.393. The Kier molecular flexibility index (Phi) is 10.2. The van der Waals surface area contributed by atoms with E-state index in [1.54, 1.807) is 39.8 Å². The molecule has 2 aromatic rings. The minimum absolute atomic E-state index is 0.0325. The van der Waals surface area contributed by atoms with Gasteiger partial charge >= 0.3 is 24.1 Å². The van der Waals surface area contributed by atoms with Crippen molar-refractivity contribution in [2.75, 3.05) is 6.61 Å². The molecule has 2 atom stereocenters.